The third kappa shape index (κ3) is 4.41. The average molecular weight is 248 g/mol. The molecule has 0 aromatic heterocycles. The van der Waals surface area contributed by atoms with Crippen LogP contribution in [0.4, 0.5) is 4.39 Å². The monoisotopic (exact) mass is 247 g/mol. The van der Waals surface area contributed by atoms with Crippen molar-refractivity contribution in [1.29, 1.82) is 0 Å². The summed E-state index contributed by atoms with van der Waals surface area (Å²) < 4.78 is 13.1. The fourth-order valence-corrected chi connectivity index (χ4v) is 1.55. The van der Waals surface area contributed by atoms with Crippen LogP contribution in [0.2, 0.25) is 5.02 Å². The van der Waals surface area contributed by atoms with Gasteiger partial charge in [-0.15, -0.1) is 0 Å². The Labute approximate surface area is 99.4 Å². The molecule has 1 nitrogen and oxygen atoms in total. The first kappa shape index (κ1) is 12.8. The van der Waals surface area contributed by atoms with Crippen LogP contribution in [0.3, 0.4) is 0 Å². The van der Waals surface area contributed by atoms with E-state index in [1.807, 2.05) is 17.8 Å². The molecule has 1 aromatic rings. The van der Waals surface area contributed by atoms with Crippen molar-refractivity contribution >= 4 is 23.4 Å². The summed E-state index contributed by atoms with van der Waals surface area (Å²) in [6.45, 7) is 3.75. The molecule has 0 aliphatic rings. The van der Waals surface area contributed by atoms with Crippen molar-refractivity contribution in [3.05, 3.63) is 34.6 Å². The summed E-state index contributed by atoms with van der Waals surface area (Å²) in [5, 5.41) is 4.02. The molecule has 4 heteroatoms. The predicted octanol–water partition coefficient (Wildman–Crippen LogP) is 3.32. The van der Waals surface area contributed by atoms with E-state index in [0.29, 0.717) is 11.8 Å². The predicted molar refractivity (Wildman–Crippen MR) is 66.1 cm³/mol. The molecule has 0 heterocycles. The van der Waals surface area contributed by atoms with Crippen LogP contribution >= 0.6 is 23.4 Å². The third-order valence-electron chi connectivity index (χ3n) is 2.15. The molecule has 0 saturated carbocycles. The second-order valence-corrected chi connectivity index (χ2v) is 5.11. The van der Waals surface area contributed by atoms with E-state index in [1.54, 1.807) is 6.07 Å². The first-order chi connectivity index (χ1) is 7.13. The molecule has 0 amide bonds. The first-order valence-electron chi connectivity index (χ1n) is 4.81. The topological polar surface area (TPSA) is 12.0 Å². The largest absolute Gasteiger partial charge is 0.312 e. The van der Waals surface area contributed by atoms with E-state index in [0.717, 1.165) is 12.1 Å². The van der Waals surface area contributed by atoms with E-state index >= 15 is 0 Å². The van der Waals surface area contributed by atoms with Gasteiger partial charge in [-0.25, -0.2) is 4.39 Å². The lowest BCUT2D eigenvalue weighted by atomic mass is 10.2. The van der Waals surface area contributed by atoms with Gasteiger partial charge in [-0.1, -0.05) is 24.6 Å². The average Bonchev–Trinajstić information content (AvgIpc) is 2.23. The van der Waals surface area contributed by atoms with Crippen molar-refractivity contribution in [1.82, 2.24) is 5.32 Å². The quantitative estimate of drug-likeness (QED) is 0.857. The number of nitrogens with one attached hydrogen (secondary N) is 1. The Bertz CT molecular complexity index is 319. The molecule has 1 aromatic carbocycles. The summed E-state index contributed by atoms with van der Waals surface area (Å²) in [6.07, 6.45) is 2.08. The highest BCUT2D eigenvalue weighted by molar-refractivity contribution is 7.99. The Hall–Kier alpha value is -0.250. The van der Waals surface area contributed by atoms with Crippen LogP contribution in [0.1, 0.15) is 12.5 Å². The maximum Gasteiger partial charge on any atom is 0.142 e. The molecule has 1 atom stereocenters. The highest BCUT2D eigenvalue weighted by Gasteiger charge is 2.02. The molecule has 0 fully saturated rings. The summed E-state index contributed by atoms with van der Waals surface area (Å²) in [5.41, 5.74) is 0.921. The number of halogens is 2. The van der Waals surface area contributed by atoms with Gasteiger partial charge < -0.3 is 5.32 Å². The zero-order chi connectivity index (χ0) is 11.3. The van der Waals surface area contributed by atoms with Gasteiger partial charge in [0.05, 0.1) is 5.02 Å². The second kappa shape index (κ2) is 6.36. The Morgan fingerprint density at radius 1 is 1.53 bits per heavy atom. The minimum Gasteiger partial charge on any atom is -0.312 e. The molecular weight excluding hydrogens is 233 g/mol. The summed E-state index contributed by atoms with van der Waals surface area (Å²) in [7, 11) is 0. The fraction of sp³-hybridized carbons (Fsp3) is 0.455. The SMILES string of the molecule is CSC(C)CNCc1ccc(Cl)c(F)c1. The van der Waals surface area contributed by atoms with E-state index in [2.05, 4.69) is 18.5 Å². The standard InChI is InChI=1S/C11H15ClFNS/c1-8(15-2)6-14-7-9-3-4-10(12)11(13)5-9/h3-5,8,14H,6-7H2,1-2H3. The molecule has 15 heavy (non-hydrogen) atoms. The van der Waals surface area contributed by atoms with Crippen molar-refractivity contribution in [2.75, 3.05) is 12.8 Å². The van der Waals surface area contributed by atoms with E-state index in [-0.39, 0.29) is 10.8 Å². The summed E-state index contributed by atoms with van der Waals surface area (Å²) >= 11 is 7.40. The highest BCUT2D eigenvalue weighted by atomic mass is 35.5. The smallest absolute Gasteiger partial charge is 0.142 e. The van der Waals surface area contributed by atoms with E-state index < -0.39 is 0 Å². The van der Waals surface area contributed by atoms with Gasteiger partial charge >= 0.3 is 0 Å². The maximum absolute atomic E-state index is 13.1. The van der Waals surface area contributed by atoms with Crippen LogP contribution in [0, 0.1) is 5.82 Å². The van der Waals surface area contributed by atoms with Crippen LogP contribution in [-0.4, -0.2) is 18.1 Å². The van der Waals surface area contributed by atoms with Crippen molar-refractivity contribution in [3.63, 3.8) is 0 Å². The number of hydrogen-bond donors (Lipinski definition) is 1. The minimum atomic E-state index is -0.353. The maximum atomic E-state index is 13.1. The lowest BCUT2D eigenvalue weighted by Crippen LogP contribution is -2.22. The molecule has 0 radical (unpaired) electrons. The van der Waals surface area contributed by atoms with Gasteiger partial charge in [0.2, 0.25) is 0 Å². The van der Waals surface area contributed by atoms with E-state index in [4.69, 9.17) is 11.6 Å². The Kier molecular flexibility index (Phi) is 5.43. The summed E-state index contributed by atoms with van der Waals surface area (Å²) in [5.74, 6) is -0.353. The number of rotatable bonds is 5. The van der Waals surface area contributed by atoms with Crippen molar-refractivity contribution in [2.24, 2.45) is 0 Å². The van der Waals surface area contributed by atoms with Crippen LogP contribution in [-0.2, 0) is 6.54 Å². The van der Waals surface area contributed by atoms with Crippen LogP contribution < -0.4 is 5.32 Å². The van der Waals surface area contributed by atoms with Crippen LogP contribution in [0.15, 0.2) is 18.2 Å². The van der Waals surface area contributed by atoms with Gasteiger partial charge in [0.25, 0.3) is 0 Å². The molecule has 0 spiro atoms. The summed E-state index contributed by atoms with van der Waals surface area (Å²) in [4.78, 5) is 0. The number of thioether (sulfide) groups is 1. The zero-order valence-corrected chi connectivity index (χ0v) is 10.5. The molecule has 0 bridgehead atoms. The molecule has 1 rings (SSSR count). The van der Waals surface area contributed by atoms with Crippen molar-refractivity contribution in [2.45, 2.75) is 18.7 Å². The zero-order valence-electron chi connectivity index (χ0n) is 8.89. The van der Waals surface area contributed by atoms with Gasteiger partial charge in [-0.05, 0) is 24.0 Å². The molecule has 0 saturated heterocycles. The Morgan fingerprint density at radius 2 is 2.27 bits per heavy atom. The van der Waals surface area contributed by atoms with Crippen LogP contribution in [0.5, 0.6) is 0 Å². The molecule has 1 unspecified atom stereocenters. The van der Waals surface area contributed by atoms with E-state index in [1.165, 1.54) is 6.07 Å². The molecule has 0 aliphatic heterocycles. The van der Waals surface area contributed by atoms with Gasteiger partial charge in [0.15, 0.2) is 0 Å². The minimum absolute atomic E-state index is 0.177. The Morgan fingerprint density at radius 3 is 2.87 bits per heavy atom. The molecule has 1 N–H and O–H groups in total. The Balaban J connectivity index is 2.41. The lowest BCUT2D eigenvalue weighted by Gasteiger charge is -2.09. The fourth-order valence-electron chi connectivity index (χ4n) is 1.15. The van der Waals surface area contributed by atoms with Gasteiger partial charge in [0, 0.05) is 18.3 Å². The normalized spacial score (nSPS) is 12.8. The number of benzene rings is 1. The molecule has 0 aliphatic carbocycles. The van der Waals surface area contributed by atoms with Crippen molar-refractivity contribution in [3.8, 4) is 0 Å². The van der Waals surface area contributed by atoms with Gasteiger partial charge in [0.1, 0.15) is 5.82 Å². The summed E-state index contributed by atoms with van der Waals surface area (Å²) in [6, 6.07) is 4.90. The molecular formula is C11H15ClFNS. The third-order valence-corrected chi connectivity index (χ3v) is 3.43. The van der Waals surface area contributed by atoms with Crippen LogP contribution in [0.25, 0.3) is 0 Å². The van der Waals surface area contributed by atoms with Crippen molar-refractivity contribution < 1.29 is 4.39 Å². The van der Waals surface area contributed by atoms with E-state index in [9.17, 15) is 4.39 Å². The lowest BCUT2D eigenvalue weighted by molar-refractivity contribution is 0.620. The highest BCUT2D eigenvalue weighted by Crippen LogP contribution is 2.15. The first-order valence-corrected chi connectivity index (χ1v) is 6.47. The van der Waals surface area contributed by atoms with Gasteiger partial charge in [-0.3, -0.25) is 0 Å². The van der Waals surface area contributed by atoms with Gasteiger partial charge in [-0.2, -0.15) is 11.8 Å². The molecule has 84 valence electrons. The number of hydrogen-bond acceptors (Lipinski definition) is 2. The second-order valence-electron chi connectivity index (χ2n) is 3.43.